The number of hydrogen-bond acceptors (Lipinski definition) is 4. The number of halogens is 1. The zero-order valence-corrected chi connectivity index (χ0v) is 17.1. The van der Waals surface area contributed by atoms with Gasteiger partial charge in [0, 0.05) is 25.5 Å². The van der Waals surface area contributed by atoms with Crippen LogP contribution in [0.1, 0.15) is 12.0 Å². The molecule has 3 aromatic rings. The van der Waals surface area contributed by atoms with Gasteiger partial charge in [-0.25, -0.2) is 17.8 Å². The molecular formula is C21H23FN4O3S. The Morgan fingerprint density at radius 2 is 1.83 bits per heavy atom. The number of imidazole rings is 1. The quantitative estimate of drug-likeness (QED) is 0.482. The third kappa shape index (κ3) is 6.23. The molecule has 3 rings (SSSR count). The Balaban J connectivity index is 1.67. The molecule has 1 atom stereocenters. The predicted molar refractivity (Wildman–Crippen MR) is 111 cm³/mol. The Labute approximate surface area is 175 Å². The maximum atomic E-state index is 13.1. The van der Waals surface area contributed by atoms with Crippen molar-refractivity contribution in [1.29, 1.82) is 0 Å². The standard InChI is InChI=1S/C21H23FN4O3S/c22-18-7-9-19(10-8-18)30(28,29)25-20(15-17-5-2-1-3-6-17)21(27)24-11-4-13-26-14-12-23-16-26/h1-3,5-10,12,14,16,20,25H,4,11,13,15H2,(H,24,27)/t20-/m1/s1. The number of carbonyl (C=O) groups is 1. The van der Waals surface area contributed by atoms with E-state index in [9.17, 15) is 17.6 Å². The van der Waals surface area contributed by atoms with Crippen LogP contribution in [0.25, 0.3) is 0 Å². The van der Waals surface area contributed by atoms with E-state index in [0.717, 1.165) is 17.7 Å². The molecular weight excluding hydrogens is 407 g/mol. The molecule has 9 heteroatoms. The van der Waals surface area contributed by atoms with Crippen molar-refractivity contribution in [3.05, 3.63) is 84.7 Å². The lowest BCUT2D eigenvalue weighted by Crippen LogP contribution is -2.48. The van der Waals surface area contributed by atoms with Crippen LogP contribution in [0.5, 0.6) is 0 Å². The highest BCUT2D eigenvalue weighted by Crippen LogP contribution is 2.12. The molecule has 0 saturated heterocycles. The van der Waals surface area contributed by atoms with E-state index >= 15 is 0 Å². The van der Waals surface area contributed by atoms with Crippen LogP contribution in [0.15, 0.2) is 78.2 Å². The van der Waals surface area contributed by atoms with Gasteiger partial charge in [0.25, 0.3) is 0 Å². The van der Waals surface area contributed by atoms with Crippen LogP contribution in [-0.4, -0.2) is 36.5 Å². The minimum Gasteiger partial charge on any atom is -0.355 e. The van der Waals surface area contributed by atoms with Crippen LogP contribution in [0.4, 0.5) is 4.39 Å². The molecule has 0 aliphatic rings. The van der Waals surface area contributed by atoms with Gasteiger partial charge < -0.3 is 9.88 Å². The van der Waals surface area contributed by atoms with Crippen molar-refractivity contribution in [1.82, 2.24) is 19.6 Å². The normalized spacial score (nSPS) is 12.4. The van der Waals surface area contributed by atoms with E-state index in [2.05, 4.69) is 15.0 Å². The zero-order valence-electron chi connectivity index (χ0n) is 16.2. The number of aromatic nitrogens is 2. The van der Waals surface area contributed by atoms with Crippen LogP contribution in [0.3, 0.4) is 0 Å². The molecule has 1 aromatic heterocycles. The summed E-state index contributed by atoms with van der Waals surface area (Å²) in [5.74, 6) is -0.958. The van der Waals surface area contributed by atoms with Gasteiger partial charge in [-0.1, -0.05) is 30.3 Å². The second-order valence-corrected chi connectivity index (χ2v) is 8.48. The zero-order chi connectivity index (χ0) is 21.4. The topological polar surface area (TPSA) is 93.1 Å². The van der Waals surface area contributed by atoms with Crippen LogP contribution in [-0.2, 0) is 27.8 Å². The van der Waals surface area contributed by atoms with E-state index in [0.29, 0.717) is 19.5 Å². The fourth-order valence-electron chi connectivity index (χ4n) is 2.92. The lowest BCUT2D eigenvalue weighted by atomic mass is 10.1. The Morgan fingerprint density at radius 3 is 2.50 bits per heavy atom. The number of hydrogen-bond donors (Lipinski definition) is 2. The number of benzene rings is 2. The summed E-state index contributed by atoms with van der Waals surface area (Å²) in [5, 5.41) is 2.79. The monoisotopic (exact) mass is 430 g/mol. The fraction of sp³-hybridized carbons (Fsp3) is 0.238. The third-order valence-corrected chi connectivity index (χ3v) is 5.96. The second kappa shape index (κ2) is 10.1. The van der Waals surface area contributed by atoms with E-state index in [4.69, 9.17) is 0 Å². The first-order valence-electron chi connectivity index (χ1n) is 9.49. The summed E-state index contributed by atoms with van der Waals surface area (Å²) in [7, 11) is -4.00. The maximum Gasteiger partial charge on any atom is 0.241 e. The average Bonchev–Trinajstić information content (AvgIpc) is 3.25. The lowest BCUT2D eigenvalue weighted by molar-refractivity contribution is -0.122. The van der Waals surface area contributed by atoms with Gasteiger partial charge in [0.2, 0.25) is 15.9 Å². The smallest absolute Gasteiger partial charge is 0.241 e. The van der Waals surface area contributed by atoms with Crippen molar-refractivity contribution in [2.45, 2.75) is 30.3 Å². The maximum absolute atomic E-state index is 13.1. The summed E-state index contributed by atoms with van der Waals surface area (Å²) < 4.78 is 42.9. The van der Waals surface area contributed by atoms with E-state index in [1.165, 1.54) is 12.1 Å². The van der Waals surface area contributed by atoms with Gasteiger partial charge in [-0.15, -0.1) is 0 Å². The molecule has 1 amide bonds. The highest BCUT2D eigenvalue weighted by Gasteiger charge is 2.26. The minimum atomic E-state index is -4.00. The van der Waals surface area contributed by atoms with E-state index in [1.807, 2.05) is 41.1 Å². The van der Waals surface area contributed by atoms with Crippen LogP contribution in [0.2, 0.25) is 0 Å². The van der Waals surface area contributed by atoms with Gasteiger partial charge in [-0.05, 0) is 42.7 Å². The molecule has 1 heterocycles. The summed E-state index contributed by atoms with van der Waals surface area (Å²) in [6.07, 6.45) is 6.06. The summed E-state index contributed by atoms with van der Waals surface area (Å²) in [6, 6.07) is 12.6. The van der Waals surface area contributed by atoms with Gasteiger partial charge in [0.15, 0.2) is 0 Å². The minimum absolute atomic E-state index is 0.102. The molecule has 2 N–H and O–H groups in total. The summed E-state index contributed by atoms with van der Waals surface area (Å²) in [4.78, 5) is 16.6. The largest absolute Gasteiger partial charge is 0.355 e. The van der Waals surface area contributed by atoms with Crippen molar-refractivity contribution in [2.24, 2.45) is 0 Å². The molecule has 0 radical (unpaired) electrons. The van der Waals surface area contributed by atoms with E-state index in [-0.39, 0.29) is 11.3 Å². The van der Waals surface area contributed by atoms with Crippen LogP contribution >= 0.6 is 0 Å². The average molecular weight is 431 g/mol. The van der Waals surface area contributed by atoms with E-state index in [1.54, 1.807) is 12.5 Å². The number of nitrogens with one attached hydrogen (secondary N) is 2. The summed E-state index contributed by atoms with van der Waals surface area (Å²) in [5.41, 5.74) is 0.817. The van der Waals surface area contributed by atoms with Crippen molar-refractivity contribution < 1.29 is 17.6 Å². The van der Waals surface area contributed by atoms with Crippen molar-refractivity contribution in [3.63, 3.8) is 0 Å². The van der Waals surface area contributed by atoms with Crippen LogP contribution < -0.4 is 10.0 Å². The lowest BCUT2D eigenvalue weighted by Gasteiger charge is -2.19. The van der Waals surface area contributed by atoms with Crippen molar-refractivity contribution in [3.8, 4) is 0 Å². The van der Waals surface area contributed by atoms with Gasteiger partial charge in [-0.2, -0.15) is 4.72 Å². The number of carbonyl (C=O) groups excluding carboxylic acids is 1. The highest BCUT2D eigenvalue weighted by molar-refractivity contribution is 7.89. The van der Waals surface area contributed by atoms with Gasteiger partial charge in [-0.3, -0.25) is 4.79 Å². The second-order valence-electron chi connectivity index (χ2n) is 6.76. The summed E-state index contributed by atoms with van der Waals surface area (Å²) in [6.45, 7) is 1.07. The molecule has 0 aliphatic carbocycles. The van der Waals surface area contributed by atoms with Gasteiger partial charge in [0.1, 0.15) is 11.9 Å². The molecule has 158 valence electrons. The van der Waals surface area contributed by atoms with Crippen molar-refractivity contribution in [2.75, 3.05) is 6.54 Å². The number of sulfonamides is 1. The van der Waals surface area contributed by atoms with Gasteiger partial charge >= 0.3 is 0 Å². The highest BCUT2D eigenvalue weighted by atomic mass is 32.2. The number of rotatable bonds is 10. The molecule has 7 nitrogen and oxygen atoms in total. The first kappa shape index (κ1) is 21.7. The summed E-state index contributed by atoms with van der Waals surface area (Å²) >= 11 is 0. The van der Waals surface area contributed by atoms with Gasteiger partial charge in [0.05, 0.1) is 11.2 Å². The SMILES string of the molecule is O=C(NCCCn1ccnc1)[C@@H](Cc1ccccc1)NS(=O)(=O)c1ccc(F)cc1. The molecule has 2 aromatic carbocycles. The molecule has 0 fully saturated rings. The molecule has 30 heavy (non-hydrogen) atoms. The Kier molecular flexibility index (Phi) is 7.31. The fourth-order valence-corrected chi connectivity index (χ4v) is 4.12. The molecule has 0 bridgehead atoms. The first-order valence-corrected chi connectivity index (χ1v) is 11.0. The van der Waals surface area contributed by atoms with Crippen molar-refractivity contribution >= 4 is 15.9 Å². The predicted octanol–water partition coefficient (Wildman–Crippen LogP) is 2.12. The van der Waals surface area contributed by atoms with Crippen LogP contribution in [0, 0.1) is 5.82 Å². The Bertz CT molecular complexity index is 1040. The third-order valence-electron chi connectivity index (χ3n) is 4.47. The number of nitrogens with zero attached hydrogens (tertiary/aromatic N) is 2. The van der Waals surface area contributed by atoms with E-state index < -0.39 is 27.8 Å². The molecule has 0 aliphatic heterocycles. The first-order chi connectivity index (χ1) is 14.4. The molecule has 0 saturated carbocycles. The Morgan fingerprint density at radius 1 is 1.10 bits per heavy atom. The number of amides is 1. The number of aryl methyl sites for hydroxylation is 1. The Hall–Kier alpha value is -3.04. The molecule has 0 spiro atoms. The molecule has 0 unspecified atom stereocenters.